The zero-order valence-electron chi connectivity index (χ0n) is 16.0. The smallest absolute Gasteiger partial charge is 0.191 e. The number of guanidine groups is 1. The average molecular weight is 367 g/mol. The molecule has 1 aliphatic heterocycles. The van der Waals surface area contributed by atoms with Crippen LogP contribution in [0.3, 0.4) is 0 Å². The van der Waals surface area contributed by atoms with Gasteiger partial charge in [-0.05, 0) is 44.9 Å². The topological polar surface area (TPSA) is 85.6 Å². The molecule has 0 unspecified atom stereocenters. The van der Waals surface area contributed by atoms with Crippen molar-refractivity contribution >= 4 is 5.96 Å². The summed E-state index contributed by atoms with van der Waals surface area (Å²) in [6.45, 7) is 9.00. The Kier molecular flexibility index (Phi) is 10.7. The zero-order chi connectivity index (χ0) is 18.3. The third kappa shape index (κ3) is 9.15. The highest BCUT2D eigenvalue weighted by Crippen LogP contribution is 2.14. The largest absolute Gasteiger partial charge is 0.381 e. The van der Waals surface area contributed by atoms with Gasteiger partial charge in [0.2, 0.25) is 0 Å². The number of aliphatic imine (C=N–C) groups is 1. The van der Waals surface area contributed by atoms with Gasteiger partial charge in [-0.3, -0.25) is 4.99 Å². The molecular formula is C18H34N6O2. The summed E-state index contributed by atoms with van der Waals surface area (Å²) in [7, 11) is 0. The molecule has 1 aromatic rings. The zero-order valence-corrected chi connectivity index (χ0v) is 16.0. The van der Waals surface area contributed by atoms with Crippen LogP contribution in [-0.4, -0.2) is 66.8 Å². The Morgan fingerprint density at radius 1 is 1.19 bits per heavy atom. The van der Waals surface area contributed by atoms with Gasteiger partial charge in [-0.2, -0.15) is 0 Å². The van der Waals surface area contributed by atoms with Gasteiger partial charge in [0, 0.05) is 52.6 Å². The summed E-state index contributed by atoms with van der Waals surface area (Å²) in [6.07, 6.45) is 8.88. The maximum absolute atomic E-state index is 5.79. The van der Waals surface area contributed by atoms with Gasteiger partial charge in [0.1, 0.15) is 12.7 Å². The molecule has 0 saturated carbocycles. The van der Waals surface area contributed by atoms with E-state index in [1.165, 1.54) is 0 Å². The van der Waals surface area contributed by atoms with E-state index >= 15 is 0 Å². The third-order valence-electron chi connectivity index (χ3n) is 4.36. The van der Waals surface area contributed by atoms with E-state index in [4.69, 9.17) is 9.47 Å². The molecule has 0 atom stereocenters. The Morgan fingerprint density at radius 2 is 2.00 bits per heavy atom. The summed E-state index contributed by atoms with van der Waals surface area (Å²) >= 11 is 0. The Labute approximate surface area is 156 Å². The van der Waals surface area contributed by atoms with Crippen LogP contribution in [0, 0.1) is 5.92 Å². The lowest BCUT2D eigenvalue weighted by Gasteiger charge is -2.21. The van der Waals surface area contributed by atoms with Crippen LogP contribution in [0.4, 0.5) is 0 Å². The van der Waals surface area contributed by atoms with Crippen LogP contribution in [0.15, 0.2) is 17.6 Å². The first-order valence-corrected chi connectivity index (χ1v) is 9.88. The number of aromatic nitrogens is 3. The molecule has 0 aromatic carbocycles. The summed E-state index contributed by atoms with van der Waals surface area (Å²) in [6, 6.07) is 0. The van der Waals surface area contributed by atoms with Crippen LogP contribution in [0.5, 0.6) is 0 Å². The summed E-state index contributed by atoms with van der Waals surface area (Å²) < 4.78 is 13.2. The second-order valence-electron chi connectivity index (χ2n) is 6.58. The van der Waals surface area contributed by atoms with Crippen molar-refractivity contribution in [2.24, 2.45) is 10.9 Å². The van der Waals surface area contributed by atoms with E-state index in [0.717, 1.165) is 90.7 Å². The fourth-order valence-electron chi connectivity index (χ4n) is 2.83. The Bertz CT molecular complexity index is 474. The van der Waals surface area contributed by atoms with Gasteiger partial charge in [0.25, 0.3) is 0 Å². The molecule has 8 heteroatoms. The van der Waals surface area contributed by atoms with E-state index < -0.39 is 0 Å². The van der Waals surface area contributed by atoms with Gasteiger partial charge < -0.3 is 24.7 Å². The van der Waals surface area contributed by atoms with Gasteiger partial charge in [-0.25, -0.2) is 0 Å². The summed E-state index contributed by atoms with van der Waals surface area (Å²) in [5, 5.41) is 14.3. The molecule has 1 aliphatic rings. The molecule has 0 aliphatic carbocycles. The van der Waals surface area contributed by atoms with E-state index in [1.54, 1.807) is 12.7 Å². The SMILES string of the molecule is CCNC(=NCCCOCC1CCOCC1)NCCCCn1cnnc1. The maximum Gasteiger partial charge on any atom is 0.191 e. The van der Waals surface area contributed by atoms with Gasteiger partial charge in [0.15, 0.2) is 5.96 Å². The number of nitrogens with one attached hydrogen (secondary N) is 2. The molecule has 0 radical (unpaired) electrons. The van der Waals surface area contributed by atoms with E-state index in [2.05, 4.69) is 32.7 Å². The highest BCUT2D eigenvalue weighted by atomic mass is 16.5. The number of hydrogen-bond acceptors (Lipinski definition) is 5. The molecule has 8 nitrogen and oxygen atoms in total. The number of hydrogen-bond donors (Lipinski definition) is 2. The summed E-state index contributed by atoms with van der Waals surface area (Å²) in [5.41, 5.74) is 0. The number of rotatable bonds is 12. The van der Waals surface area contributed by atoms with Crippen molar-refractivity contribution in [3.05, 3.63) is 12.7 Å². The summed E-state index contributed by atoms with van der Waals surface area (Å²) in [5.74, 6) is 1.56. The highest BCUT2D eigenvalue weighted by Gasteiger charge is 2.13. The van der Waals surface area contributed by atoms with Crippen molar-refractivity contribution in [1.29, 1.82) is 0 Å². The first-order chi connectivity index (χ1) is 12.9. The van der Waals surface area contributed by atoms with Crippen molar-refractivity contribution in [3.63, 3.8) is 0 Å². The monoisotopic (exact) mass is 366 g/mol. The maximum atomic E-state index is 5.79. The predicted molar refractivity (Wildman–Crippen MR) is 102 cm³/mol. The number of aryl methyl sites for hydroxylation is 1. The van der Waals surface area contributed by atoms with Crippen molar-refractivity contribution < 1.29 is 9.47 Å². The second-order valence-corrected chi connectivity index (χ2v) is 6.58. The van der Waals surface area contributed by atoms with Crippen LogP contribution in [0.1, 0.15) is 39.0 Å². The van der Waals surface area contributed by atoms with E-state index in [9.17, 15) is 0 Å². The minimum Gasteiger partial charge on any atom is -0.381 e. The minimum absolute atomic E-state index is 0.671. The van der Waals surface area contributed by atoms with Crippen LogP contribution < -0.4 is 10.6 Å². The lowest BCUT2D eigenvalue weighted by molar-refractivity contribution is 0.0205. The molecule has 0 spiro atoms. The molecular weight excluding hydrogens is 332 g/mol. The number of ether oxygens (including phenoxy) is 2. The highest BCUT2D eigenvalue weighted by molar-refractivity contribution is 5.79. The molecule has 2 heterocycles. The third-order valence-corrected chi connectivity index (χ3v) is 4.36. The Balaban J connectivity index is 1.49. The van der Waals surface area contributed by atoms with Gasteiger partial charge in [-0.1, -0.05) is 0 Å². The van der Waals surface area contributed by atoms with Crippen molar-refractivity contribution in [3.8, 4) is 0 Å². The van der Waals surface area contributed by atoms with Crippen molar-refractivity contribution in [2.75, 3.05) is 46.1 Å². The van der Waals surface area contributed by atoms with Crippen LogP contribution in [0.25, 0.3) is 0 Å². The molecule has 1 fully saturated rings. The lowest BCUT2D eigenvalue weighted by Crippen LogP contribution is -2.38. The number of nitrogens with zero attached hydrogens (tertiary/aromatic N) is 4. The first-order valence-electron chi connectivity index (χ1n) is 9.88. The Morgan fingerprint density at radius 3 is 2.77 bits per heavy atom. The van der Waals surface area contributed by atoms with Gasteiger partial charge in [-0.15, -0.1) is 10.2 Å². The molecule has 0 amide bonds. The van der Waals surface area contributed by atoms with Gasteiger partial charge >= 0.3 is 0 Å². The fourth-order valence-corrected chi connectivity index (χ4v) is 2.83. The van der Waals surface area contributed by atoms with E-state index in [1.807, 2.05) is 4.57 Å². The fraction of sp³-hybridized carbons (Fsp3) is 0.833. The van der Waals surface area contributed by atoms with E-state index in [0.29, 0.717) is 5.92 Å². The Hall–Kier alpha value is -1.67. The predicted octanol–water partition coefficient (Wildman–Crippen LogP) is 1.45. The lowest BCUT2D eigenvalue weighted by atomic mass is 10.0. The second kappa shape index (κ2) is 13.5. The summed E-state index contributed by atoms with van der Waals surface area (Å²) in [4.78, 5) is 4.61. The van der Waals surface area contributed by atoms with E-state index in [-0.39, 0.29) is 0 Å². The minimum atomic E-state index is 0.671. The normalized spacial score (nSPS) is 16.0. The van der Waals surface area contributed by atoms with Crippen molar-refractivity contribution in [2.45, 2.75) is 45.6 Å². The molecule has 2 rings (SSSR count). The van der Waals surface area contributed by atoms with Crippen molar-refractivity contribution in [1.82, 2.24) is 25.4 Å². The molecule has 1 saturated heterocycles. The standard InChI is InChI=1S/C18H34N6O2/c1-2-19-18(20-8-3-4-10-24-15-22-23-16-24)21-9-5-11-26-14-17-6-12-25-13-7-17/h15-17H,2-14H2,1H3,(H2,19,20,21). The van der Waals surface area contributed by atoms with Gasteiger partial charge in [0.05, 0.1) is 0 Å². The first kappa shape index (κ1) is 20.6. The molecule has 1 aromatic heterocycles. The van der Waals surface area contributed by atoms with Crippen LogP contribution >= 0.6 is 0 Å². The van der Waals surface area contributed by atoms with Crippen LogP contribution in [0.2, 0.25) is 0 Å². The van der Waals surface area contributed by atoms with Crippen LogP contribution in [-0.2, 0) is 16.0 Å². The molecule has 148 valence electrons. The quantitative estimate of drug-likeness (QED) is 0.331. The molecule has 2 N–H and O–H groups in total. The number of unbranched alkanes of at least 4 members (excludes halogenated alkanes) is 1. The molecule has 26 heavy (non-hydrogen) atoms. The molecule has 0 bridgehead atoms. The average Bonchev–Trinajstić information content (AvgIpc) is 3.18.